The van der Waals surface area contributed by atoms with Crippen LogP contribution in [0.2, 0.25) is 0 Å². The van der Waals surface area contributed by atoms with E-state index in [4.69, 9.17) is 4.74 Å². The first-order chi connectivity index (χ1) is 11.0. The van der Waals surface area contributed by atoms with Gasteiger partial charge in [-0.3, -0.25) is 4.90 Å². The summed E-state index contributed by atoms with van der Waals surface area (Å²) in [5, 5.41) is 2.64. The first kappa shape index (κ1) is 20.3. The van der Waals surface area contributed by atoms with Gasteiger partial charge in [0.15, 0.2) is 0 Å². The van der Waals surface area contributed by atoms with E-state index in [-0.39, 0.29) is 0 Å². The molecule has 136 valence electrons. The number of alkyl halides is 3. The van der Waals surface area contributed by atoms with Crippen molar-refractivity contribution in [3.05, 3.63) is 35.4 Å². The van der Waals surface area contributed by atoms with Crippen LogP contribution in [0.15, 0.2) is 24.3 Å². The highest BCUT2D eigenvalue weighted by Gasteiger charge is 2.30. The van der Waals surface area contributed by atoms with Crippen molar-refractivity contribution in [2.45, 2.75) is 46.0 Å². The molecular weight excluding hydrogens is 321 g/mol. The fourth-order valence-electron chi connectivity index (χ4n) is 2.08. The lowest BCUT2D eigenvalue weighted by Gasteiger charge is -2.23. The molecule has 0 unspecified atom stereocenters. The van der Waals surface area contributed by atoms with E-state index in [2.05, 4.69) is 5.32 Å². The smallest absolute Gasteiger partial charge is 0.416 e. The van der Waals surface area contributed by atoms with Crippen molar-refractivity contribution >= 4 is 6.09 Å². The molecule has 0 aliphatic rings. The van der Waals surface area contributed by atoms with Gasteiger partial charge in [0.25, 0.3) is 0 Å². The second kappa shape index (κ2) is 8.37. The molecule has 1 aromatic rings. The first-order valence-corrected chi connectivity index (χ1v) is 7.86. The number of benzene rings is 1. The summed E-state index contributed by atoms with van der Waals surface area (Å²) in [6.07, 6.45) is -4.84. The van der Waals surface area contributed by atoms with Crippen LogP contribution in [0.4, 0.5) is 18.0 Å². The average Bonchev–Trinajstić information content (AvgIpc) is 2.43. The van der Waals surface area contributed by atoms with Crippen molar-refractivity contribution in [2.24, 2.45) is 0 Å². The third-order valence-electron chi connectivity index (χ3n) is 3.20. The van der Waals surface area contributed by atoms with E-state index >= 15 is 0 Å². The third-order valence-corrected chi connectivity index (χ3v) is 3.20. The molecule has 0 aliphatic heterocycles. The van der Waals surface area contributed by atoms with Gasteiger partial charge < -0.3 is 10.1 Å². The Bertz CT molecular complexity index is 539. The van der Waals surface area contributed by atoms with E-state index in [1.807, 2.05) is 11.8 Å². The van der Waals surface area contributed by atoms with Crippen molar-refractivity contribution in [3.8, 4) is 0 Å². The quantitative estimate of drug-likeness (QED) is 0.845. The van der Waals surface area contributed by atoms with Crippen LogP contribution in [0, 0.1) is 0 Å². The average molecular weight is 346 g/mol. The second-order valence-corrected chi connectivity index (χ2v) is 6.50. The minimum absolute atomic E-state index is 0.363. The largest absolute Gasteiger partial charge is 0.444 e. The molecule has 1 rings (SSSR count). The Morgan fingerprint density at radius 2 is 1.92 bits per heavy atom. The molecule has 7 heteroatoms. The minimum atomic E-state index is -4.34. The fourth-order valence-corrected chi connectivity index (χ4v) is 2.08. The molecule has 0 saturated heterocycles. The lowest BCUT2D eigenvalue weighted by atomic mass is 10.1. The Kier molecular flexibility index (Phi) is 7.08. The molecule has 1 N–H and O–H groups in total. The molecule has 0 radical (unpaired) electrons. The number of hydrogen-bond acceptors (Lipinski definition) is 3. The highest BCUT2D eigenvalue weighted by molar-refractivity contribution is 5.67. The number of halogens is 3. The molecule has 0 heterocycles. The summed E-state index contributed by atoms with van der Waals surface area (Å²) in [5.41, 5.74) is -0.626. The lowest BCUT2D eigenvalue weighted by Crippen LogP contribution is -2.37. The zero-order chi connectivity index (χ0) is 18.4. The van der Waals surface area contributed by atoms with Crippen LogP contribution >= 0.6 is 0 Å². The van der Waals surface area contributed by atoms with Gasteiger partial charge >= 0.3 is 12.3 Å². The summed E-state index contributed by atoms with van der Waals surface area (Å²) in [5.74, 6) is 0. The molecule has 1 amide bonds. The van der Waals surface area contributed by atoms with Crippen LogP contribution in [0.3, 0.4) is 0 Å². The molecule has 4 nitrogen and oxygen atoms in total. The zero-order valence-corrected chi connectivity index (χ0v) is 14.5. The van der Waals surface area contributed by atoms with Crippen LogP contribution in [-0.2, 0) is 17.5 Å². The molecule has 24 heavy (non-hydrogen) atoms. The Morgan fingerprint density at radius 3 is 2.46 bits per heavy atom. The normalized spacial score (nSPS) is 12.3. The van der Waals surface area contributed by atoms with Gasteiger partial charge in [-0.15, -0.1) is 0 Å². The molecule has 0 aliphatic carbocycles. The maximum absolute atomic E-state index is 12.7. The van der Waals surface area contributed by atoms with Crippen LogP contribution < -0.4 is 5.32 Å². The molecule has 0 spiro atoms. The Balaban J connectivity index is 2.52. The SMILES string of the molecule is CCN(CCNC(=O)OC(C)(C)C)Cc1cccc(C(F)(F)F)c1. The summed E-state index contributed by atoms with van der Waals surface area (Å²) in [4.78, 5) is 13.5. The predicted octanol–water partition coefficient (Wildman–Crippen LogP) is 4.05. The first-order valence-electron chi connectivity index (χ1n) is 7.86. The number of likely N-dealkylation sites (N-methyl/N-ethyl adjacent to an activating group) is 1. The maximum Gasteiger partial charge on any atom is 0.416 e. The van der Waals surface area contributed by atoms with Gasteiger partial charge in [-0.1, -0.05) is 25.1 Å². The molecule has 0 bridgehead atoms. The van der Waals surface area contributed by atoms with E-state index in [1.54, 1.807) is 26.8 Å². The van der Waals surface area contributed by atoms with E-state index in [0.29, 0.717) is 31.7 Å². The van der Waals surface area contributed by atoms with Crippen molar-refractivity contribution in [2.75, 3.05) is 19.6 Å². The van der Waals surface area contributed by atoms with Gasteiger partial charge in [0.1, 0.15) is 5.60 Å². The van der Waals surface area contributed by atoms with Gasteiger partial charge in [0.2, 0.25) is 0 Å². The topological polar surface area (TPSA) is 41.6 Å². The number of alkyl carbamates (subject to hydrolysis) is 1. The zero-order valence-electron chi connectivity index (χ0n) is 14.5. The number of hydrogen-bond donors (Lipinski definition) is 1. The van der Waals surface area contributed by atoms with Crippen molar-refractivity contribution in [3.63, 3.8) is 0 Å². The predicted molar refractivity (Wildman–Crippen MR) is 86.6 cm³/mol. The van der Waals surface area contributed by atoms with Gasteiger partial charge in [0, 0.05) is 19.6 Å². The molecule has 0 aromatic heterocycles. The van der Waals surface area contributed by atoms with Crippen LogP contribution in [0.1, 0.15) is 38.8 Å². The van der Waals surface area contributed by atoms with E-state index < -0.39 is 23.4 Å². The van der Waals surface area contributed by atoms with Crippen LogP contribution in [0.25, 0.3) is 0 Å². The second-order valence-electron chi connectivity index (χ2n) is 6.50. The van der Waals surface area contributed by atoms with Crippen LogP contribution in [-0.4, -0.2) is 36.2 Å². The van der Waals surface area contributed by atoms with Gasteiger partial charge in [-0.05, 0) is 38.9 Å². The molecule has 0 atom stereocenters. The van der Waals surface area contributed by atoms with Gasteiger partial charge in [0.05, 0.1) is 5.56 Å². The van der Waals surface area contributed by atoms with Crippen molar-refractivity contribution < 1.29 is 22.7 Å². The summed E-state index contributed by atoms with van der Waals surface area (Å²) >= 11 is 0. The summed E-state index contributed by atoms with van der Waals surface area (Å²) < 4.78 is 43.3. The number of nitrogens with zero attached hydrogens (tertiary/aromatic N) is 1. The lowest BCUT2D eigenvalue weighted by molar-refractivity contribution is -0.137. The van der Waals surface area contributed by atoms with Gasteiger partial charge in [-0.2, -0.15) is 13.2 Å². The molecule has 0 saturated carbocycles. The van der Waals surface area contributed by atoms with Crippen molar-refractivity contribution in [1.82, 2.24) is 10.2 Å². The number of amides is 1. The number of nitrogens with one attached hydrogen (secondary N) is 1. The third kappa shape index (κ3) is 7.68. The summed E-state index contributed by atoms with van der Waals surface area (Å²) in [6, 6.07) is 5.29. The maximum atomic E-state index is 12.7. The van der Waals surface area contributed by atoms with E-state index in [9.17, 15) is 18.0 Å². The standard InChI is InChI=1S/C17H25F3N2O2/c1-5-22(10-9-21-15(23)24-16(2,3)4)12-13-7-6-8-14(11-13)17(18,19)20/h6-8,11H,5,9-10,12H2,1-4H3,(H,21,23). The molecular formula is C17H25F3N2O2. The monoisotopic (exact) mass is 346 g/mol. The molecule has 1 aromatic carbocycles. The Labute approximate surface area is 141 Å². The summed E-state index contributed by atoms with van der Waals surface area (Å²) in [7, 11) is 0. The Hall–Kier alpha value is -1.76. The minimum Gasteiger partial charge on any atom is -0.444 e. The summed E-state index contributed by atoms with van der Waals surface area (Å²) in [6.45, 7) is 9.17. The number of carbonyl (C=O) groups excluding carboxylic acids is 1. The fraction of sp³-hybridized carbons (Fsp3) is 0.588. The van der Waals surface area contributed by atoms with Crippen molar-refractivity contribution in [1.29, 1.82) is 0 Å². The van der Waals surface area contributed by atoms with Crippen LogP contribution in [0.5, 0.6) is 0 Å². The Morgan fingerprint density at radius 1 is 1.25 bits per heavy atom. The highest BCUT2D eigenvalue weighted by Crippen LogP contribution is 2.29. The van der Waals surface area contributed by atoms with E-state index in [1.165, 1.54) is 6.07 Å². The van der Waals surface area contributed by atoms with Gasteiger partial charge in [-0.25, -0.2) is 4.79 Å². The molecule has 0 fully saturated rings. The highest BCUT2D eigenvalue weighted by atomic mass is 19.4. The number of carbonyl (C=O) groups is 1. The number of rotatable bonds is 6. The number of ether oxygens (including phenoxy) is 1. The van der Waals surface area contributed by atoms with E-state index in [0.717, 1.165) is 12.1 Å².